The lowest BCUT2D eigenvalue weighted by Crippen LogP contribution is -2.36. The predicted octanol–water partition coefficient (Wildman–Crippen LogP) is 7.85. The van der Waals surface area contributed by atoms with Gasteiger partial charge in [0.1, 0.15) is 12.4 Å². The lowest BCUT2D eigenvalue weighted by molar-refractivity contribution is -0.282. The molecule has 1 atom stereocenters. The summed E-state index contributed by atoms with van der Waals surface area (Å²) in [6.45, 7) is 14.1. The maximum absolute atomic E-state index is 12.1. The van der Waals surface area contributed by atoms with Crippen LogP contribution in [0.2, 0.25) is 0 Å². The fourth-order valence-corrected chi connectivity index (χ4v) is 8.01. The van der Waals surface area contributed by atoms with E-state index in [4.69, 9.17) is 14.5 Å². The van der Waals surface area contributed by atoms with Gasteiger partial charge in [0.25, 0.3) is 5.91 Å². The van der Waals surface area contributed by atoms with Crippen LogP contribution >= 0.6 is 23.1 Å². The number of alkyl halides is 1. The first-order valence-electron chi connectivity index (χ1n) is 19.4. The molecule has 0 radical (unpaired) electrons. The van der Waals surface area contributed by atoms with E-state index < -0.39 is 11.6 Å². The van der Waals surface area contributed by atoms with Gasteiger partial charge >= 0.3 is 0 Å². The lowest BCUT2D eigenvalue weighted by Gasteiger charge is -2.32. The number of aryl methyl sites for hydroxylation is 1. The Bertz CT molecular complexity index is 1610. The zero-order valence-electron chi connectivity index (χ0n) is 33.3. The van der Waals surface area contributed by atoms with Gasteiger partial charge in [-0.2, -0.15) is 0 Å². The summed E-state index contributed by atoms with van der Waals surface area (Å²) in [6, 6.07) is 17.0. The highest BCUT2D eigenvalue weighted by Gasteiger charge is 2.49. The summed E-state index contributed by atoms with van der Waals surface area (Å²) in [4.78, 5) is 42.9. The molecule has 1 aliphatic carbocycles. The number of ether oxygens (including phenoxy) is 1. The molecule has 0 bridgehead atoms. The molecule has 3 aliphatic rings. The van der Waals surface area contributed by atoms with Gasteiger partial charge in [0.15, 0.2) is 5.67 Å². The third-order valence-electron chi connectivity index (χ3n) is 9.80. The molecule has 2 aliphatic heterocycles. The Morgan fingerprint density at radius 2 is 1.80 bits per heavy atom. The van der Waals surface area contributed by atoms with Crippen LogP contribution < -0.4 is 10.5 Å². The van der Waals surface area contributed by atoms with Crippen molar-refractivity contribution in [3.05, 3.63) is 65.3 Å². The van der Waals surface area contributed by atoms with E-state index in [-0.39, 0.29) is 17.4 Å². The molecule has 1 unspecified atom stereocenters. The van der Waals surface area contributed by atoms with Gasteiger partial charge in [-0.1, -0.05) is 51.1 Å². The number of carbonyl (C=O) groups excluding carboxylic acids is 2. The molecule has 2 saturated heterocycles. The predicted molar refractivity (Wildman–Crippen MR) is 219 cm³/mol. The maximum atomic E-state index is 12.1. The maximum Gasteiger partial charge on any atom is 0.255 e. The monoisotopic (exact) mass is 800 g/mol. The molecule has 13 heteroatoms. The number of aliphatic hydroxyl groups is 1. The van der Waals surface area contributed by atoms with Crippen LogP contribution in [0.5, 0.6) is 5.75 Å². The number of benzene rings is 2. The summed E-state index contributed by atoms with van der Waals surface area (Å²) >= 11 is 3.62. The zero-order chi connectivity index (χ0) is 39.8. The fraction of sp³-hybridized carbons (Fsp3) is 0.595. The number of β-amino-alcohol motifs (C(OH)–C–C–N with tert-alkyl or cyclic N) is 1. The van der Waals surface area contributed by atoms with Crippen molar-refractivity contribution in [2.24, 2.45) is 17.1 Å². The van der Waals surface area contributed by atoms with Gasteiger partial charge in [-0.05, 0) is 112 Å². The van der Waals surface area contributed by atoms with Crippen LogP contribution in [0.3, 0.4) is 0 Å². The van der Waals surface area contributed by atoms with E-state index in [9.17, 15) is 19.1 Å². The number of aromatic nitrogens is 1. The molecule has 10 nitrogen and oxygen atoms in total. The summed E-state index contributed by atoms with van der Waals surface area (Å²) in [5.74, 6) is 2.02. The number of rotatable bonds is 15. The number of thiazole rings is 1. The van der Waals surface area contributed by atoms with Crippen LogP contribution in [0.15, 0.2) is 58.9 Å². The second kappa shape index (κ2) is 22.0. The average Bonchev–Trinajstić information content (AvgIpc) is 3.53. The number of amides is 2. The number of likely N-dealkylation sites (tertiary alicyclic amines) is 2. The number of carbonyl (C=O) groups is 2. The van der Waals surface area contributed by atoms with E-state index in [0.717, 1.165) is 42.1 Å². The van der Waals surface area contributed by atoms with Crippen molar-refractivity contribution >= 4 is 34.9 Å². The fourth-order valence-electron chi connectivity index (χ4n) is 6.27. The number of unbranched alkanes of at least 4 members (excludes halogenated alkanes) is 1. The van der Waals surface area contributed by atoms with Crippen LogP contribution in [0.25, 0.3) is 10.4 Å². The first kappa shape index (κ1) is 44.6. The van der Waals surface area contributed by atoms with Crippen molar-refractivity contribution < 1.29 is 33.6 Å². The van der Waals surface area contributed by atoms with Crippen molar-refractivity contribution in [1.29, 1.82) is 0 Å². The highest BCUT2D eigenvalue weighted by Crippen LogP contribution is 2.39. The van der Waals surface area contributed by atoms with Gasteiger partial charge in [0, 0.05) is 30.0 Å². The van der Waals surface area contributed by atoms with E-state index in [0.29, 0.717) is 38.3 Å². The number of hydrogen-bond donors (Lipinski definition) is 2. The largest absolute Gasteiger partial charge is 0.493 e. The van der Waals surface area contributed by atoms with Crippen molar-refractivity contribution in [2.75, 3.05) is 52.2 Å². The molecular formula is C42H61FN4O6S2. The Labute approximate surface area is 335 Å². The topological polar surface area (TPSA) is 127 Å². The molecule has 3 heterocycles. The van der Waals surface area contributed by atoms with E-state index in [2.05, 4.69) is 84.9 Å². The summed E-state index contributed by atoms with van der Waals surface area (Å²) in [5.41, 5.74) is 8.14. The van der Waals surface area contributed by atoms with E-state index in [1.165, 1.54) is 68.0 Å². The average molecular weight is 801 g/mol. The third kappa shape index (κ3) is 15.8. The zero-order valence-corrected chi connectivity index (χ0v) is 34.9. The third-order valence-corrected chi connectivity index (χ3v) is 11.9. The lowest BCUT2D eigenvalue weighted by atomic mass is 9.92. The SMILES string of the molecule is CC(C)(C)CC(=O)N1CCC(O)C1.COOCc1ccc(-c2scnc2C)cc1OCC1CCN(CCCCSc2ccccc2)CC1.NC(=O)C1(F)CC1. The van der Waals surface area contributed by atoms with Crippen LogP contribution in [-0.4, -0.2) is 95.7 Å². The minimum atomic E-state index is -1.61. The first-order chi connectivity index (χ1) is 26.3. The minimum Gasteiger partial charge on any atom is -0.493 e. The Hall–Kier alpha value is -3.07. The number of halogens is 1. The van der Waals surface area contributed by atoms with Gasteiger partial charge in [-0.25, -0.2) is 19.1 Å². The molecule has 1 saturated carbocycles. The highest BCUT2D eigenvalue weighted by atomic mass is 32.2. The van der Waals surface area contributed by atoms with Gasteiger partial charge in [-0.15, -0.1) is 23.1 Å². The molecule has 3 N–H and O–H groups in total. The standard InChI is InChI=1S/C28H36N2O3S2.C10H19NO2.C4H6FNO/c1-22-28(35-21-29-22)24-10-11-25(20-33-31-2)27(18-24)32-19-23-12-15-30(16-13-23)14-6-7-17-34-26-8-4-3-5-9-26;1-10(2,3)6-9(13)11-5-4-8(12)7-11;5-4(1-2-4)3(6)7/h3-5,8-11,18,21,23H,6-7,12-17,19-20H2,1-2H3;8,12H,4-7H2,1-3H3;1-2H2,(H2,6,7). The molecule has 3 fully saturated rings. The molecule has 2 aromatic carbocycles. The summed E-state index contributed by atoms with van der Waals surface area (Å²) in [5, 5.41) is 9.25. The first-order valence-corrected chi connectivity index (χ1v) is 21.3. The van der Waals surface area contributed by atoms with Crippen LogP contribution in [0.4, 0.5) is 4.39 Å². The van der Waals surface area contributed by atoms with Gasteiger partial charge in [0.2, 0.25) is 5.91 Å². The van der Waals surface area contributed by atoms with E-state index in [1.54, 1.807) is 16.2 Å². The number of nitrogens with two attached hydrogens (primary N) is 1. The smallest absolute Gasteiger partial charge is 0.255 e. The summed E-state index contributed by atoms with van der Waals surface area (Å²) in [6.07, 6.45) is 6.56. The second-order valence-electron chi connectivity index (χ2n) is 15.8. The molecule has 55 heavy (non-hydrogen) atoms. The second-order valence-corrected chi connectivity index (χ2v) is 17.9. The van der Waals surface area contributed by atoms with Crippen molar-refractivity contribution in [1.82, 2.24) is 14.8 Å². The van der Waals surface area contributed by atoms with Gasteiger partial charge in [0.05, 0.1) is 35.9 Å². The molecule has 304 valence electrons. The highest BCUT2D eigenvalue weighted by molar-refractivity contribution is 7.99. The van der Waals surface area contributed by atoms with Crippen LogP contribution in [-0.2, 0) is 26.0 Å². The Morgan fingerprint density at radius 3 is 2.36 bits per heavy atom. The Kier molecular flexibility index (Phi) is 17.9. The van der Waals surface area contributed by atoms with Crippen molar-refractivity contribution in [2.45, 2.75) is 102 Å². The number of aliphatic hydroxyl groups excluding tert-OH is 1. The Balaban J connectivity index is 0.000000273. The molecule has 0 spiro atoms. The quantitative estimate of drug-likeness (QED) is 0.0684. The molecule has 6 rings (SSSR count). The van der Waals surface area contributed by atoms with Gasteiger partial charge in [-0.3, -0.25) is 9.59 Å². The molecule has 3 aromatic rings. The number of nitrogens with zero attached hydrogens (tertiary/aromatic N) is 3. The molecular weight excluding hydrogens is 740 g/mol. The van der Waals surface area contributed by atoms with E-state index >= 15 is 0 Å². The van der Waals surface area contributed by atoms with Gasteiger partial charge < -0.3 is 25.4 Å². The van der Waals surface area contributed by atoms with E-state index in [1.807, 2.05) is 24.2 Å². The number of hydrogen-bond acceptors (Lipinski definition) is 10. The number of primary amides is 1. The minimum absolute atomic E-state index is 0.0463. The molecule has 1 aromatic heterocycles. The van der Waals surface area contributed by atoms with Crippen molar-refractivity contribution in [3.8, 4) is 16.2 Å². The summed E-state index contributed by atoms with van der Waals surface area (Å²) < 4.78 is 18.5. The number of thioether (sulfide) groups is 1. The number of piperidine rings is 1. The Morgan fingerprint density at radius 1 is 1.07 bits per heavy atom. The van der Waals surface area contributed by atoms with Crippen molar-refractivity contribution in [3.63, 3.8) is 0 Å². The normalized spacial score (nSPS) is 18.2. The molecule has 2 amide bonds. The van der Waals surface area contributed by atoms with Crippen LogP contribution in [0.1, 0.15) is 83.4 Å². The van der Waals surface area contributed by atoms with Crippen LogP contribution in [0, 0.1) is 18.3 Å². The summed E-state index contributed by atoms with van der Waals surface area (Å²) in [7, 11) is 1.53.